The highest BCUT2D eigenvalue weighted by atomic mass is 79.9. The van der Waals surface area contributed by atoms with Crippen LogP contribution in [-0.4, -0.2) is 48.6 Å². The van der Waals surface area contributed by atoms with E-state index in [1.165, 1.54) is 16.8 Å². The Labute approximate surface area is 245 Å². The molecule has 4 heterocycles. The molecule has 0 radical (unpaired) electrons. The number of hydrogen-bond donors (Lipinski definition) is 0. The first-order chi connectivity index (χ1) is 19.2. The summed E-state index contributed by atoms with van der Waals surface area (Å²) in [5.74, 6) is 4.11. The number of halogens is 1. The van der Waals surface area contributed by atoms with Gasteiger partial charge in [0.05, 0.1) is 30.9 Å². The molecule has 0 spiro atoms. The molecular formula is C30H36BrN5O4. The first kappa shape index (κ1) is 28.0. The molecule has 0 atom stereocenters. The Morgan fingerprint density at radius 2 is 1.88 bits per heavy atom. The second-order valence-electron chi connectivity index (χ2n) is 10.1. The van der Waals surface area contributed by atoms with E-state index in [-0.39, 0.29) is 23.8 Å². The minimum Gasteiger partial charge on any atom is -1.00 e. The highest BCUT2D eigenvalue weighted by molar-refractivity contribution is 5.91. The maximum Gasteiger partial charge on any atom is 0.231 e. The fourth-order valence-corrected chi connectivity index (χ4v) is 5.53. The number of pyridine rings is 1. The summed E-state index contributed by atoms with van der Waals surface area (Å²) in [6.45, 7) is 8.82. The largest absolute Gasteiger partial charge is 1.00 e. The third kappa shape index (κ3) is 5.41. The van der Waals surface area contributed by atoms with E-state index in [4.69, 9.17) is 18.9 Å². The lowest BCUT2D eigenvalue weighted by atomic mass is 9.95. The van der Waals surface area contributed by atoms with Crippen LogP contribution in [0.4, 0.5) is 5.82 Å². The van der Waals surface area contributed by atoms with Crippen LogP contribution in [0, 0.1) is 0 Å². The van der Waals surface area contributed by atoms with Gasteiger partial charge in [0.15, 0.2) is 41.6 Å². The minimum absolute atomic E-state index is 0. The molecule has 2 aliphatic rings. The topological polar surface area (TPSA) is 74.8 Å². The number of methoxy groups -OCH3 is 1. The summed E-state index contributed by atoms with van der Waals surface area (Å²) in [6.07, 6.45) is 8.15. The Hall–Kier alpha value is -3.53. The van der Waals surface area contributed by atoms with Gasteiger partial charge in [-0.05, 0) is 48.1 Å². The molecule has 9 nitrogen and oxygen atoms in total. The highest BCUT2D eigenvalue weighted by Crippen LogP contribution is 2.41. The van der Waals surface area contributed by atoms with E-state index in [1.54, 1.807) is 7.11 Å². The maximum absolute atomic E-state index is 6.37. The van der Waals surface area contributed by atoms with Gasteiger partial charge in [-0.2, -0.15) is 4.57 Å². The number of nitrogens with zero attached hydrogens (tertiary/aromatic N) is 5. The van der Waals surface area contributed by atoms with E-state index in [0.29, 0.717) is 6.61 Å². The SMILES string of the molecule is CCCN(CCC)c1cn(CCCOc2c(OC)ccc3cc4[n+](cc23)CCc2cc3c(cc2-4)OCO3)nn1.[Br-]. The zero-order valence-electron chi connectivity index (χ0n) is 23.4. The van der Waals surface area contributed by atoms with Crippen LogP contribution >= 0.6 is 0 Å². The molecule has 0 saturated heterocycles. The Morgan fingerprint density at radius 3 is 2.65 bits per heavy atom. The monoisotopic (exact) mass is 609 g/mol. The summed E-state index contributed by atoms with van der Waals surface area (Å²) in [5.41, 5.74) is 3.64. The van der Waals surface area contributed by atoms with Gasteiger partial charge in [0.2, 0.25) is 12.5 Å². The summed E-state index contributed by atoms with van der Waals surface area (Å²) >= 11 is 0. The van der Waals surface area contributed by atoms with Gasteiger partial charge in [-0.3, -0.25) is 4.68 Å². The van der Waals surface area contributed by atoms with Crippen LogP contribution < -0.4 is 45.4 Å². The average Bonchev–Trinajstić information content (AvgIpc) is 3.62. The first-order valence-electron chi connectivity index (χ1n) is 13.9. The lowest BCUT2D eigenvalue weighted by Crippen LogP contribution is -3.00. The Balaban J connectivity index is 0.00000323. The van der Waals surface area contributed by atoms with Gasteiger partial charge in [-0.1, -0.05) is 19.1 Å². The second kappa shape index (κ2) is 12.3. The van der Waals surface area contributed by atoms with Crippen molar-refractivity contribution in [2.45, 2.75) is 52.6 Å². The van der Waals surface area contributed by atoms with Crippen molar-refractivity contribution in [3.05, 3.63) is 48.3 Å². The van der Waals surface area contributed by atoms with Gasteiger partial charge in [-0.25, -0.2) is 0 Å². The summed E-state index contributed by atoms with van der Waals surface area (Å²) in [7, 11) is 1.69. The first-order valence-corrected chi connectivity index (χ1v) is 13.9. The molecule has 0 bridgehead atoms. The summed E-state index contributed by atoms with van der Waals surface area (Å²) < 4.78 is 27.5. The van der Waals surface area contributed by atoms with Crippen LogP contribution in [0.15, 0.2) is 42.7 Å². The molecular weight excluding hydrogens is 574 g/mol. The normalized spacial score (nSPS) is 13.0. The molecule has 10 heteroatoms. The Kier molecular flexibility index (Phi) is 8.63. The van der Waals surface area contributed by atoms with Gasteiger partial charge < -0.3 is 40.8 Å². The van der Waals surface area contributed by atoms with Crippen LogP contribution in [0.1, 0.15) is 38.7 Å². The van der Waals surface area contributed by atoms with Crippen molar-refractivity contribution in [1.29, 1.82) is 0 Å². The number of aryl methyl sites for hydroxylation is 3. The zero-order chi connectivity index (χ0) is 26.8. The molecule has 2 aliphatic heterocycles. The maximum atomic E-state index is 6.37. The number of hydrogen-bond acceptors (Lipinski definition) is 7. The van der Waals surface area contributed by atoms with E-state index < -0.39 is 0 Å². The van der Waals surface area contributed by atoms with Crippen LogP contribution in [0.25, 0.3) is 22.0 Å². The smallest absolute Gasteiger partial charge is 0.231 e. The highest BCUT2D eigenvalue weighted by Gasteiger charge is 2.28. The number of benzene rings is 2. The standard InChI is InChI=1S/C30H36N5O4.BrH/c1-4-10-33(11-5-2)29-19-35(32-31-29)12-6-14-37-30-24-18-34-13-9-22-16-27-28(39-20-38-27)17-23(22)25(34)15-21(24)7-8-26(30)36-3;/h7-8,15-19H,4-6,9-14,20H2,1-3H3;1H/q+1;/p-1. The van der Waals surface area contributed by atoms with Crippen molar-refractivity contribution in [3.8, 4) is 34.3 Å². The van der Waals surface area contributed by atoms with Crippen LogP contribution in [0.2, 0.25) is 0 Å². The van der Waals surface area contributed by atoms with Crippen LogP contribution in [-0.2, 0) is 19.5 Å². The van der Waals surface area contributed by atoms with Crippen molar-refractivity contribution in [2.75, 3.05) is 38.5 Å². The predicted molar refractivity (Wildman–Crippen MR) is 149 cm³/mol. The van der Waals surface area contributed by atoms with Gasteiger partial charge in [0.25, 0.3) is 0 Å². The van der Waals surface area contributed by atoms with E-state index in [0.717, 1.165) is 91.5 Å². The van der Waals surface area contributed by atoms with E-state index >= 15 is 0 Å². The summed E-state index contributed by atoms with van der Waals surface area (Å²) in [5, 5.41) is 10.9. The number of aromatic nitrogens is 4. The summed E-state index contributed by atoms with van der Waals surface area (Å²) in [6, 6.07) is 10.5. The average molecular weight is 611 g/mol. The van der Waals surface area contributed by atoms with Gasteiger partial charge >= 0.3 is 0 Å². The van der Waals surface area contributed by atoms with E-state index in [2.05, 4.69) is 64.1 Å². The summed E-state index contributed by atoms with van der Waals surface area (Å²) in [4.78, 5) is 2.30. The molecule has 4 aromatic rings. The number of ether oxygens (including phenoxy) is 4. The van der Waals surface area contributed by atoms with Crippen molar-refractivity contribution < 1.29 is 40.5 Å². The molecule has 0 unspecified atom stereocenters. The van der Waals surface area contributed by atoms with Gasteiger partial charge in [0, 0.05) is 38.5 Å². The molecule has 40 heavy (non-hydrogen) atoms. The number of anilines is 1. The van der Waals surface area contributed by atoms with Gasteiger partial charge in [0.1, 0.15) is 0 Å². The predicted octanol–water partition coefficient (Wildman–Crippen LogP) is 1.78. The quantitative estimate of drug-likeness (QED) is 0.190. The molecule has 0 saturated carbocycles. The molecule has 6 rings (SSSR count). The number of rotatable bonds is 11. The van der Waals surface area contributed by atoms with Crippen molar-refractivity contribution in [2.24, 2.45) is 0 Å². The third-order valence-corrected chi connectivity index (χ3v) is 7.41. The lowest BCUT2D eigenvalue weighted by Gasteiger charge is -2.19. The van der Waals surface area contributed by atoms with Crippen molar-refractivity contribution >= 4 is 16.6 Å². The van der Waals surface area contributed by atoms with Crippen molar-refractivity contribution in [3.63, 3.8) is 0 Å². The van der Waals surface area contributed by atoms with Crippen LogP contribution in [0.5, 0.6) is 23.0 Å². The van der Waals surface area contributed by atoms with Crippen molar-refractivity contribution in [1.82, 2.24) is 15.0 Å². The fraction of sp³-hybridized carbons (Fsp3) is 0.433. The molecule has 2 aromatic heterocycles. The molecule has 212 valence electrons. The molecule has 0 amide bonds. The van der Waals surface area contributed by atoms with Crippen LogP contribution in [0.3, 0.4) is 0 Å². The lowest BCUT2D eigenvalue weighted by molar-refractivity contribution is -0.686. The fourth-order valence-electron chi connectivity index (χ4n) is 5.53. The third-order valence-electron chi connectivity index (χ3n) is 7.41. The van der Waals surface area contributed by atoms with E-state index in [1.807, 2.05) is 16.9 Å². The number of fused-ring (bicyclic) bond motifs is 5. The zero-order valence-corrected chi connectivity index (χ0v) is 24.9. The van der Waals surface area contributed by atoms with E-state index in [9.17, 15) is 0 Å². The molecule has 0 N–H and O–H groups in total. The molecule has 2 aromatic carbocycles. The molecule has 0 aliphatic carbocycles. The Morgan fingerprint density at radius 1 is 1.07 bits per heavy atom. The minimum atomic E-state index is 0. The second-order valence-corrected chi connectivity index (χ2v) is 10.1. The Bertz CT molecular complexity index is 1480. The molecule has 0 fully saturated rings. The van der Waals surface area contributed by atoms with Gasteiger partial charge in [-0.15, -0.1) is 5.10 Å².